The maximum Gasteiger partial charge on any atom is 0.251 e. The molecule has 1 fully saturated rings. The van der Waals surface area contributed by atoms with E-state index in [0.29, 0.717) is 5.56 Å². The Morgan fingerprint density at radius 3 is 3.00 bits per heavy atom. The highest BCUT2D eigenvalue weighted by molar-refractivity contribution is 5.94. The molecule has 1 amide bonds. The molecule has 1 aromatic carbocycles. The summed E-state index contributed by atoms with van der Waals surface area (Å²) in [6, 6.07) is 4.27. The third-order valence-corrected chi connectivity index (χ3v) is 3.22. The van der Waals surface area contributed by atoms with Crippen molar-refractivity contribution < 1.29 is 9.18 Å². The lowest BCUT2D eigenvalue weighted by molar-refractivity contribution is 0.0912. The highest BCUT2D eigenvalue weighted by Crippen LogP contribution is 2.13. The van der Waals surface area contributed by atoms with Gasteiger partial charge in [0.25, 0.3) is 5.91 Å². The SMILES string of the molecule is CN1CCCC(NC(=O)c2ccc(N)c(F)c2)C1. The minimum absolute atomic E-state index is 0.0592. The lowest BCUT2D eigenvalue weighted by atomic mass is 10.1. The zero-order valence-electron chi connectivity index (χ0n) is 10.4. The zero-order chi connectivity index (χ0) is 13.1. The number of rotatable bonds is 2. The molecule has 4 nitrogen and oxygen atoms in total. The van der Waals surface area contributed by atoms with Gasteiger partial charge in [0.1, 0.15) is 5.82 Å². The van der Waals surface area contributed by atoms with Crippen LogP contribution in [-0.4, -0.2) is 37.0 Å². The van der Waals surface area contributed by atoms with Crippen molar-refractivity contribution in [1.29, 1.82) is 0 Å². The molecule has 0 saturated carbocycles. The van der Waals surface area contributed by atoms with E-state index in [1.165, 1.54) is 12.1 Å². The van der Waals surface area contributed by atoms with E-state index in [4.69, 9.17) is 5.73 Å². The van der Waals surface area contributed by atoms with Crippen LogP contribution in [0.5, 0.6) is 0 Å². The third-order valence-electron chi connectivity index (χ3n) is 3.22. The van der Waals surface area contributed by atoms with Gasteiger partial charge in [-0.1, -0.05) is 0 Å². The molecule has 0 aromatic heterocycles. The lowest BCUT2D eigenvalue weighted by Gasteiger charge is -2.30. The molecule has 1 aliphatic heterocycles. The fourth-order valence-corrected chi connectivity index (χ4v) is 2.22. The third kappa shape index (κ3) is 2.98. The van der Waals surface area contributed by atoms with Crippen LogP contribution in [0.4, 0.5) is 10.1 Å². The molecule has 18 heavy (non-hydrogen) atoms. The minimum atomic E-state index is -0.552. The van der Waals surface area contributed by atoms with E-state index in [0.717, 1.165) is 25.9 Å². The smallest absolute Gasteiger partial charge is 0.251 e. The van der Waals surface area contributed by atoms with Gasteiger partial charge in [-0.05, 0) is 44.6 Å². The topological polar surface area (TPSA) is 58.4 Å². The van der Waals surface area contributed by atoms with Crippen LogP contribution >= 0.6 is 0 Å². The molecular weight excluding hydrogens is 233 g/mol. The highest BCUT2D eigenvalue weighted by atomic mass is 19.1. The number of likely N-dealkylation sites (tertiary alicyclic amines) is 1. The molecule has 0 radical (unpaired) electrons. The van der Waals surface area contributed by atoms with E-state index in [1.807, 2.05) is 7.05 Å². The Labute approximate surface area is 106 Å². The first-order valence-corrected chi connectivity index (χ1v) is 6.10. The Kier molecular flexibility index (Phi) is 3.81. The number of halogens is 1. The van der Waals surface area contributed by atoms with Crippen molar-refractivity contribution in [3.63, 3.8) is 0 Å². The van der Waals surface area contributed by atoms with Crippen molar-refractivity contribution in [2.45, 2.75) is 18.9 Å². The molecule has 0 aliphatic carbocycles. The average Bonchev–Trinajstić information content (AvgIpc) is 2.32. The lowest BCUT2D eigenvalue weighted by Crippen LogP contribution is -2.46. The Morgan fingerprint density at radius 2 is 2.33 bits per heavy atom. The largest absolute Gasteiger partial charge is 0.396 e. The summed E-state index contributed by atoms with van der Waals surface area (Å²) < 4.78 is 13.3. The van der Waals surface area contributed by atoms with Gasteiger partial charge in [-0.25, -0.2) is 4.39 Å². The van der Waals surface area contributed by atoms with Gasteiger partial charge in [-0.3, -0.25) is 4.79 Å². The quantitative estimate of drug-likeness (QED) is 0.777. The number of benzene rings is 1. The van der Waals surface area contributed by atoms with Crippen LogP contribution in [0, 0.1) is 5.82 Å². The van der Waals surface area contributed by atoms with Crippen LogP contribution in [0.1, 0.15) is 23.2 Å². The number of nitrogens with zero attached hydrogens (tertiary/aromatic N) is 1. The Balaban J connectivity index is 2.00. The van der Waals surface area contributed by atoms with Crippen LogP contribution in [0.25, 0.3) is 0 Å². The summed E-state index contributed by atoms with van der Waals surface area (Å²) in [6.07, 6.45) is 2.03. The summed E-state index contributed by atoms with van der Waals surface area (Å²) in [6.45, 7) is 1.89. The first-order valence-electron chi connectivity index (χ1n) is 6.10. The van der Waals surface area contributed by atoms with E-state index >= 15 is 0 Å². The van der Waals surface area contributed by atoms with E-state index in [1.54, 1.807) is 6.07 Å². The fraction of sp³-hybridized carbons (Fsp3) is 0.462. The maximum atomic E-state index is 13.3. The van der Waals surface area contributed by atoms with Gasteiger partial charge in [0.2, 0.25) is 0 Å². The molecular formula is C13H18FN3O. The number of hydrogen-bond donors (Lipinski definition) is 2. The highest BCUT2D eigenvalue weighted by Gasteiger charge is 2.19. The number of nitrogens with one attached hydrogen (secondary N) is 1. The molecule has 1 atom stereocenters. The number of amides is 1. The zero-order valence-corrected chi connectivity index (χ0v) is 10.4. The van der Waals surface area contributed by atoms with Crippen molar-refractivity contribution in [3.05, 3.63) is 29.6 Å². The number of hydrogen-bond acceptors (Lipinski definition) is 3. The number of nitrogens with two attached hydrogens (primary N) is 1. The predicted molar refractivity (Wildman–Crippen MR) is 68.8 cm³/mol. The number of carbonyl (C=O) groups is 1. The van der Waals surface area contributed by atoms with Gasteiger partial charge >= 0.3 is 0 Å². The molecule has 0 bridgehead atoms. The van der Waals surface area contributed by atoms with Gasteiger partial charge in [0, 0.05) is 18.2 Å². The molecule has 1 heterocycles. The van der Waals surface area contributed by atoms with Crippen molar-refractivity contribution in [2.75, 3.05) is 25.9 Å². The van der Waals surface area contributed by atoms with Crippen molar-refractivity contribution in [1.82, 2.24) is 10.2 Å². The normalized spacial score (nSPS) is 20.7. The Hall–Kier alpha value is -1.62. The number of likely N-dealkylation sites (N-methyl/N-ethyl adjacent to an activating group) is 1. The molecule has 1 aliphatic rings. The van der Waals surface area contributed by atoms with E-state index in [2.05, 4.69) is 10.2 Å². The Morgan fingerprint density at radius 1 is 1.56 bits per heavy atom. The van der Waals surface area contributed by atoms with Crippen LogP contribution < -0.4 is 11.1 Å². The van der Waals surface area contributed by atoms with Gasteiger partial charge in [0.15, 0.2) is 0 Å². The summed E-state index contributed by atoms with van der Waals surface area (Å²) in [4.78, 5) is 14.1. The number of piperidine rings is 1. The molecule has 1 aromatic rings. The summed E-state index contributed by atoms with van der Waals surface area (Å²) >= 11 is 0. The summed E-state index contributed by atoms with van der Waals surface area (Å²) in [5.74, 6) is -0.794. The molecule has 3 N–H and O–H groups in total. The molecule has 2 rings (SSSR count). The van der Waals surface area contributed by atoms with E-state index in [9.17, 15) is 9.18 Å². The summed E-state index contributed by atoms with van der Waals surface area (Å²) in [7, 11) is 2.03. The second kappa shape index (κ2) is 5.35. The average molecular weight is 251 g/mol. The second-order valence-electron chi connectivity index (χ2n) is 4.81. The first kappa shape index (κ1) is 12.8. The van der Waals surface area contributed by atoms with Crippen molar-refractivity contribution in [3.8, 4) is 0 Å². The molecule has 98 valence electrons. The fourth-order valence-electron chi connectivity index (χ4n) is 2.22. The van der Waals surface area contributed by atoms with Gasteiger partial charge in [-0.2, -0.15) is 0 Å². The van der Waals surface area contributed by atoms with E-state index in [-0.39, 0.29) is 17.6 Å². The molecule has 1 unspecified atom stereocenters. The monoisotopic (exact) mass is 251 g/mol. The van der Waals surface area contributed by atoms with Crippen LogP contribution in [0.2, 0.25) is 0 Å². The second-order valence-corrected chi connectivity index (χ2v) is 4.81. The van der Waals surface area contributed by atoms with Gasteiger partial charge < -0.3 is 16.0 Å². The van der Waals surface area contributed by atoms with Crippen LogP contribution in [0.3, 0.4) is 0 Å². The van der Waals surface area contributed by atoms with Crippen LogP contribution in [-0.2, 0) is 0 Å². The van der Waals surface area contributed by atoms with Crippen molar-refractivity contribution >= 4 is 11.6 Å². The minimum Gasteiger partial charge on any atom is -0.396 e. The number of carbonyl (C=O) groups excluding carboxylic acids is 1. The van der Waals surface area contributed by atoms with E-state index < -0.39 is 5.82 Å². The number of nitrogen functional groups attached to an aromatic ring is 1. The molecule has 0 spiro atoms. The van der Waals surface area contributed by atoms with Gasteiger partial charge in [-0.15, -0.1) is 0 Å². The molecule has 1 saturated heterocycles. The van der Waals surface area contributed by atoms with Crippen LogP contribution in [0.15, 0.2) is 18.2 Å². The van der Waals surface area contributed by atoms with Gasteiger partial charge in [0.05, 0.1) is 5.69 Å². The maximum absolute atomic E-state index is 13.3. The number of anilines is 1. The van der Waals surface area contributed by atoms with Crippen molar-refractivity contribution in [2.24, 2.45) is 0 Å². The summed E-state index contributed by atoms with van der Waals surface area (Å²) in [5, 5.41) is 2.92. The first-order chi connectivity index (χ1) is 8.56. The Bertz CT molecular complexity index is 450. The summed E-state index contributed by atoms with van der Waals surface area (Å²) in [5.41, 5.74) is 5.75. The molecule has 5 heteroatoms. The predicted octanol–water partition coefficient (Wildman–Crippen LogP) is 1.23. The standard InChI is InChI=1S/C13H18FN3O/c1-17-6-2-3-10(8-17)16-13(18)9-4-5-12(15)11(14)7-9/h4-5,7,10H,2-3,6,8,15H2,1H3,(H,16,18).